The average molecular weight is 365 g/mol. The molecule has 0 aliphatic heterocycles. The number of aryl methyl sites for hydroxylation is 1. The maximum atomic E-state index is 12.1. The highest BCUT2D eigenvalue weighted by Gasteiger charge is 2.17. The quantitative estimate of drug-likeness (QED) is 0.686. The first kappa shape index (κ1) is 18.7. The summed E-state index contributed by atoms with van der Waals surface area (Å²) in [5.41, 5.74) is 2.19. The van der Waals surface area contributed by atoms with Gasteiger partial charge < -0.3 is 10.6 Å². The molecule has 0 bridgehead atoms. The number of amides is 1. The lowest BCUT2D eigenvalue weighted by Gasteiger charge is -2.11. The molecule has 0 saturated carbocycles. The Morgan fingerprint density at radius 1 is 1.21 bits per heavy atom. The number of hydrogen-bond acceptors (Lipinski definition) is 6. The van der Waals surface area contributed by atoms with Crippen molar-refractivity contribution in [2.45, 2.75) is 43.7 Å². The maximum Gasteiger partial charge on any atom is 0.233 e. The number of nitrogens with one attached hydrogen (secondary N) is 2. The van der Waals surface area contributed by atoms with Gasteiger partial charge in [-0.25, -0.2) is 0 Å². The number of anilines is 2. The number of carbonyl (C=O) groups excluding carboxylic acids is 1. The van der Waals surface area contributed by atoms with Crippen molar-refractivity contribution in [2.75, 3.05) is 11.9 Å². The largest absolute Gasteiger partial charge is 0.355 e. The van der Waals surface area contributed by atoms with Crippen LogP contribution in [0.15, 0.2) is 28.6 Å². The van der Waals surface area contributed by atoms with Crippen molar-refractivity contribution >= 4 is 39.8 Å². The summed E-state index contributed by atoms with van der Waals surface area (Å²) < 4.78 is 0.788. The summed E-state index contributed by atoms with van der Waals surface area (Å²) >= 11 is 2.89. The molecular formula is C17H24N4OS2. The minimum Gasteiger partial charge on any atom is -0.355 e. The molecule has 2 rings (SSSR count). The van der Waals surface area contributed by atoms with Crippen LogP contribution in [0.2, 0.25) is 0 Å². The van der Waals surface area contributed by atoms with Crippen LogP contribution in [0.4, 0.5) is 10.8 Å². The van der Waals surface area contributed by atoms with Crippen molar-refractivity contribution in [3.63, 3.8) is 0 Å². The summed E-state index contributed by atoms with van der Waals surface area (Å²) in [5.74, 6) is 0.635. The molecule has 1 aromatic carbocycles. The molecule has 2 N–H and O–H groups in total. The van der Waals surface area contributed by atoms with Gasteiger partial charge in [-0.2, -0.15) is 0 Å². The third kappa shape index (κ3) is 6.13. The van der Waals surface area contributed by atoms with Gasteiger partial charge in [-0.1, -0.05) is 54.6 Å². The van der Waals surface area contributed by atoms with E-state index in [9.17, 15) is 4.79 Å². The molecule has 1 heterocycles. The lowest BCUT2D eigenvalue weighted by molar-refractivity contribution is -0.120. The van der Waals surface area contributed by atoms with Crippen molar-refractivity contribution in [2.24, 2.45) is 5.92 Å². The third-order valence-electron chi connectivity index (χ3n) is 3.38. The zero-order valence-corrected chi connectivity index (χ0v) is 16.1. The van der Waals surface area contributed by atoms with Crippen molar-refractivity contribution in [3.05, 3.63) is 29.8 Å². The summed E-state index contributed by atoms with van der Waals surface area (Å²) in [6.45, 7) is 8.96. The number of thioether (sulfide) groups is 1. The monoisotopic (exact) mass is 364 g/mol. The second kappa shape index (κ2) is 9.03. The molecule has 1 aromatic heterocycles. The number of rotatable bonds is 8. The van der Waals surface area contributed by atoms with E-state index in [1.807, 2.05) is 31.2 Å². The molecule has 0 spiro atoms. The van der Waals surface area contributed by atoms with Crippen molar-refractivity contribution in [3.8, 4) is 0 Å². The third-order valence-corrected chi connectivity index (χ3v) is 5.40. The van der Waals surface area contributed by atoms with Gasteiger partial charge in [0.1, 0.15) is 0 Å². The van der Waals surface area contributed by atoms with Gasteiger partial charge in [0.2, 0.25) is 11.0 Å². The van der Waals surface area contributed by atoms with E-state index < -0.39 is 0 Å². The van der Waals surface area contributed by atoms with Gasteiger partial charge in [-0.15, -0.1) is 10.2 Å². The Kier molecular flexibility index (Phi) is 7.05. The van der Waals surface area contributed by atoms with Crippen LogP contribution >= 0.6 is 23.1 Å². The molecule has 0 aliphatic rings. The highest BCUT2D eigenvalue weighted by atomic mass is 32.2. The number of benzene rings is 1. The second-order valence-corrected chi connectivity index (χ2v) is 8.66. The molecule has 0 saturated heterocycles. The second-order valence-electron chi connectivity index (χ2n) is 6.10. The fourth-order valence-electron chi connectivity index (χ4n) is 1.90. The van der Waals surface area contributed by atoms with Crippen molar-refractivity contribution in [1.82, 2.24) is 15.5 Å². The van der Waals surface area contributed by atoms with Gasteiger partial charge in [0.15, 0.2) is 4.34 Å². The Bertz CT molecular complexity index is 655. The van der Waals surface area contributed by atoms with Gasteiger partial charge in [0.25, 0.3) is 0 Å². The fourth-order valence-corrected chi connectivity index (χ4v) is 3.84. The molecule has 1 amide bonds. The topological polar surface area (TPSA) is 66.9 Å². The lowest BCUT2D eigenvalue weighted by atomic mass is 10.1. The lowest BCUT2D eigenvalue weighted by Crippen LogP contribution is -2.32. The number of hydrogen-bond donors (Lipinski definition) is 2. The van der Waals surface area contributed by atoms with Crippen LogP contribution in [0, 0.1) is 12.8 Å². The van der Waals surface area contributed by atoms with Gasteiger partial charge in [0, 0.05) is 12.2 Å². The molecular weight excluding hydrogens is 340 g/mol. The van der Waals surface area contributed by atoms with E-state index in [1.54, 1.807) is 0 Å². The maximum absolute atomic E-state index is 12.1. The van der Waals surface area contributed by atoms with E-state index in [1.165, 1.54) is 28.7 Å². The number of aromatic nitrogens is 2. The Hall–Kier alpha value is -1.60. The first-order valence-corrected chi connectivity index (χ1v) is 9.75. The van der Waals surface area contributed by atoms with Crippen LogP contribution in [-0.2, 0) is 4.79 Å². The molecule has 130 valence electrons. The van der Waals surface area contributed by atoms with E-state index in [0.29, 0.717) is 5.92 Å². The van der Waals surface area contributed by atoms with Crippen molar-refractivity contribution < 1.29 is 4.79 Å². The predicted octanol–water partition coefficient (Wildman–Crippen LogP) is 4.23. The van der Waals surface area contributed by atoms with Crippen LogP contribution in [0.5, 0.6) is 0 Å². The fraction of sp³-hybridized carbons (Fsp3) is 0.471. The Morgan fingerprint density at radius 3 is 2.58 bits per heavy atom. The average Bonchev–Trinajstić information content (AvgIpc) is 2.96. The highest BCUT2D eigenvalue weighted by molar-refractivity contribution is 8.02. The molecule has 1 atom stereocenters. The number of carbonyl (C=O) groups is 1. The minimum atomic E-state index is -0.183. The molecule has 7 heteroatoms. The highest BCUT2D eigenvalue weighted by Crippen LogP contribution is 2.30. The Labute approximate surface area is 151 Å². The molecule has 24 heavy (non-hydrogen) atoms. The van der Waals surface area contributed by atoms with Crippen LogP contribution in [0.1, 0.15) is 32.8 Å². The zero-order valence-electron chi connectivity index (χ0n) is 14.5. The Morgan fingerprint density at radius 2 is 1.92 bits per heavy atom. The smallest absolute Gasteiger partial charge is 0.233 e. The van der Waals surface area contributed by atoms with E-state index in [2.05, 4.69) is 41.6 Å². The summed E-state index contributed by atoms with van der Waals surface area (Å²) in [7, 11) is 0. The molecule has 0 aliphatic carbocycles. The van der Waals surface area contributed by atoms with E-state index >= 15 is 0 Å². The SMILES string of the molecule is Cc1ccc(Nc2nnc(SC(C)C(=O)NCCC(C)C)s2)cc1. The predicted molar refractivity (Wildman–Crippen MR) is 102 cm³/mol. The van der Waals surface area contributed by atoms with Crippen molar-refractivity contribution in [1.29, 1.82) is 0 Å². The van der Waals surface area contributed by atoms with Gasteiger partial charge in [-0.05, 0) is 38.3 Å². The zero-order chi connectivity index (χ0) is 17.5. The van der Waals surface area contributed by atoms with Crippen LogP contribution in [0.3, 0.4) is 0 Å². The molecule has 0 radical (unpaired) electrons. The normalized spacial score (nSPS) is 12.2. The van der Waals surface area contributed by atoms with E-state index in [4.69, 9.17) is 0 Å². The Balaban J connectivity index is 1.84. The minimum absolute atomic E-state index is 0.0453. The summed E-state index contributed by atoms with van der Waals surface area (Å²) in [4.78, 5) is 12.1. The molecule has 2 aromatic rings. The first-order valence-electron chi connectivity index (χ1n) is 8.05. The summed E-state index contributed by atoms with van der Waals surface area (Å²) in [6, 6.07) is 8.11. The molecule has 0 fully saturated rings. The van der Waals surface area contributed by atoms with E-state index in [0.717, 1.165) is 28.1 Å². The van der Waals surface area contributed by atoms with Crippen LogP contribution < -0.4 is 10.6 Å². The van der Waals surface area contributed by atoms with Crippen LogP contribution in [-0.4, -0.2) is 27.9 Å². The number of nitrogens with zero attached hydrogens (tertiary/aromatic N) is 2. The first-order chi connectivity index (χ1) is 11.4. The van der Waals surface area contributed by atoms with Gasteiger partial charge >= 0.3 is 0 Å². The van der Waals surface area contributed by atoms with Gasteiger partial charge in [-0.3, -0.25) is 4.79 Å². The standard InChI is InChI=1S/C17H24N4OS2/c1-11(2)9-10-18-15(22)13(4)23-17-21-20-16(24-17)19-14-7-5-12(3)6-8-14/h5-8,11,13H,9-10H2,1-4H3,(H,18,22)(H,19,20). The van der Waals surface area contributed by atoms with E-state index in [-0.39, 0.29) is 11.2 Å². The molecule has 5 nitrogen and oxygen atoms in total. The van der Waals surface area contributed by atoms with Crippen LogP contribution in [0.25, 0.3) is 0 Å². The van der Waals surface area contributed by atoms with Gasteiger partial charge in [0.05, 0.1) is 5.25 Å². The molecule has 1 unspecified atom stereocenters. The summed E-state index contributed by atoms with van der Waals surface area (Å²) in [6.07, 6.45) is 0.993. The summed E-state index contributed by atoms with van der Waals surface area (Å²) in [5, 5.41) is 15.0.